The third-order valence-corrected chi connectivity index (χ3v) is 5.11. The van der Waals surface area contributed by atoms with E-state index in [1.165, 1.54) is 24.3 Å². The Bertz CT molecular complexity index is 957. The first-order chi connectivity index (χ1) is 14.4. The highest BCUT2D eigenvalue weighted by molar-refractivity contribution is 5.96. The predicted molar refractivity (Wildman–Crippen MR) is 108 cm³/mol. The van der Waals surface area contributed by atoms with Gasteiger partial charge in [0.2, 0.25) is 5.91 Å². The quantitative estimate of drug-likeness (QED) is 0.716. The van der Waals surface area contributed by atoms with Crippen molar-refractivity contribution in [1.82, 2.24) is 14.8 Å². The summed E-state index contributed by atoms with van der Waals surface area (Å²) in [4.78, 5) is 54.8. The third-order valence-electron chi connectivity index (χ3n) is 5.11. The molecule has 1 N–H and O–H groups in total. The molecule has 30 heavy (non-hydrogen) atoms. The lowest BCUT2D eigenvalue weighted by atomic mass is 9.97. The van der Waals surface area contributed by atoms with Gasteiger partial charge in [-0.05, 0) is 44.0 Å². The fraction of sp³-hybridized carbons (Fsp3) is 0.429. The molecule has 1 fully saturated rings. The average Bonchev–Trinajstić information content (AvgIpc) is 3.28. The molecule has 0 atom stereocenters. The van der Waals surface area contributed by atoms with Crippen molar-refractivity contribution in [2.75, 3.05) is 33.3 Å². The van der Waals surface area contributed by atoms with Crippen LogP contribution in [0.4, 0.5) is 0 Å². The van der Waals surface area contributed by atoms with E-state index in [9.17, 15) is 19.2 Å². The molecule has 160 valence electrons. The summed E-state index contributed by atoms with van der Waals surface area (Å²) in [6, 6.07) is 6.40. The van der Waals surface area contributed by atoms with E-state index in [1.54, 1.807) is 30.0 Å². The number of furan rings is 1. The summed E-state index contributed by atoms with van der Waals surface area (Å²) >= 11 is 0. The van der Waals surface area contributed by atoms with Gasteiger partial charge >= 0.3 is 5.97 Å². The fourth-order valence-corrected chi connectivity index (χ4v) is 3.42. The van der Waals surface area contributed by atoms with Crippen LogP contribution in [0.1, 0.15) is 30.1 Å². The largest absolute Gasteiger partial charge is 0.466 e. The van der Waals surface area contributed by atoms with Crippen LogP contribution in [0.3, 0.4) is 0 Å². The molecule has 1 aliphatic heterocycles. The highest BCUT2D eigenvalue weighted by Crippen LogP contribution is 2.19. The van der Waals surface area contributed by atoms with Crippen molar-refractivity contribution in [3.05, 3.63) is 46.4 Å². The van der Waals surface area contributed by atoms with E-state index in [2.05, 4.69) is 4.98 Å². The van der Waals surface area contributed by atoms with Crippen LogP contribution in [0.5, 0.6) is 0 Å². The standard InChI is InChI=1S/C21H25N3O6/c1-3-29-21(28)14-8-10-24(11-9-14)18(25)13-23(2)20(27)15-6-7-16(22-19(15)26)17-5-4-12-30-17/h4-7,12,14H,3,8-11,13H2,1-2H3,(H,22,26). The van der Waals surface area contributed by atoms with Crippen molar-refractivity contribution >= 4 is 17.8 Å². The van der Waals surface area contributed by atoms with E-state index in [1.807, 2.05) is 0 Å². The SMILES string of the molecule is CCOC(=O)C1CCN(C(=O)CN(C)C(=O)c2ccc(-c3ccco3)[nH]c2=O)CC1. The summed E-state index contributed by atoms with van der Waals surface area (Å²) in [7, 11) is 1.48. The second-order valence-corrected chi connectivity index (χ2v) is 7.16. The highest BCUT2D eigenvalue weighted by Gasteiger charge is 2.29. The number of carbonyl (C=O) groups is 3. The van der Waals surface area contributed by atoms with Crippen LogP contribution in [-0.4, -0.2) is 65.9 Å². The highest BCUT2D eigenvalue weighted by atomic mass is 16.5. The van der Waals surface area contributed by atoms with Crippen LogP contribution in [0.2, 0.25) is 0 Å². The first kappa shape index (κ1) is 21.4. The smallest absolute Gasteiger partial charge is 0.309 e. The van der Waals surface area contributed by atoms with Crippen LogP contribution in [0, 0.1) is 5.92 Å². The monoisotopic (exact) mass is 415 g/mol. The molecule has 0 unspecified atom stereocenters. The Balaban J connectivity index is 1.57. The van der Waals surface area contributed by atoms with Crippen LogP contribution >= 0.6 is 0 Å². The maximum atomic E-state index is 12.6. The zero-order valence-electron chi connectivity index (χ0n) is 17.1. The lowest BCUT2D eigenvalue weighted by Crippen LogP contribution is -2.46. The van der Waals surface area contributed by atoms with Crippen molar-refractivity contribution in [3.8, 4) is 11.5 Å². The molecule has 3 heterocycles. The van der Waals surface area contributed by atoms with E-state index < -0.39 is 11.5 Å². The Hall–Kier alpha value is -3.36. The number of likely N-dealkylation sites (N-methyl/N-ethyl adjacent to an activating group) is 1. The number of esters is 1. The number of carbonyl (C=O) groups excluding carboxylic acids is 3. The molecule has 1 saturated heterocycles. The molecule has 3 rings (SSSR count). The van der Waals surface area contributed by atoms with Crippen LogP contribution < -0.4 is 5.56 Å². The van der Waals surface area contributed by atoms with E-state index in [4.69, 9.17) is 9.15 Å². The lowest BCUT2D eigenvalue weighted by molar-refractivity contribution is -0.151. The molecule has 2 aromatic rings. The summed E-state index contributed by atoms with van der Waals surface area (Å²) in [6.07, 6.45) is 2.56. The molecule has 0 radical (unpaired) electrons. The summed E-state index contributed by atoms with van der Waals surface area (Å²) in [5, 5.41) is 0. The van der Waals surface area contributed by atoms with Gasteiger partial charge in [0.15, 0.2) is 0 Å². The summed E-state index contributed by atoms with van der Waals surface area (Å²) in [5.74, 6) is -0.705. The van der Waals surface area contributed by atoms with Gasteiger partial charge in [-0.3, -0.25) is 19.2 Å². The van der Waals surface area contributed by atoms with Gasteiger partial charge in [-0.1, -0.05) is 0 Å². The van der Waals surface area contributed by atoms with Crippen LogP contribution in [-0.2, 0) is 14.3 Å². The van der Waals surface area contributed by atoms with Gasteiger partial charge in [-0.25, -0.2) is 0 Å². The molecule has 9 heteroatoms. The van der Waals surface area contributed by atoms with Gasteiger partial charge in [0, 0.05) is 20.1 Å². The molecular formula is C21H25N3O6. The number of hydrogen-bond donors (Lipinski definition) is 1. The van der Waals surface area contributed by atoms with E-state index >= 15 is 0 Å². The van der Waals surface area contributed by atoms with E-state index in [0.29, 0.717) is 44.0 Å². The number of likely N-dealkylation sites (tertiary alicyclic amines) is 1. The third kappa shape index (κ3) is 4.79. The van der Waals surface area contributed by atoms with Crippen LogP contribution in [0.15, 0.2) is 39.7 Å². The summed E-state index contributed by atoms with van der Waals surface area (Å²) in [5.41, 5.74) is -0.144. The molecule has 0 aliphatic carbocycles. The number of piperidine rings is 1. The molecule has 1 aliphatic rings. The molecule has 2 amide bonds. The van der Waals surface area contributed by atoms with Gasteiger partial charge in [-0.2, -0.15) is 0 Å². The molecular weight excluding hydrogens is 390 g/mol. The summed E-state index contributed by atoms with van der Waals surface area (Å²) < 4.78 is 10.3. The van der Waals surface area contributed by atoms with Crippen molar-refractivity contribution in [2.45, 2.75) is 19.8 Å². The minimum absolute atomic E-state index is 0.0541. The Kier molecular flexibility index (Phi) is 6.71. The zero-order valence-corrected chi connectivity index (χ0v) is 17.1. The normalized spacial score (nSPS) is 14.4. The lowest BCUT2D eigenvalue weighted by Gasteiger charge is -2.32. The number of pyridine rings is 1. The molecule has 9 nitrogen and oxygen atoms in total. The molecule has 0 bridgehead atoms. The number of nitrogens with zero attached hydrogens (tertiary/aromatic N) is 2. The first-order valence-corrected chi connectivity index (χ1v) is 9.87. The molecule has 0 aromatic carbocycles. The molecule has 0 saturated carbocycles. The van der Waals surface area contributed by atoms with Crippen molar-refractivity contribution in [3.63, 3.8) is 0 Å². The first-order valence-electron chi connectivity index (χ1n) is 9.87. The number of amides is 2. The number of aromatic amines is 1. The number of aromatic nitrogens is 1. The van der Waals surface area contributed by atoms with E-state index in [0.717, 1.165) is 0 Å². The van der Waals surface area contributed by atoms with Crippen molar-refractivity contribution in [2.24, 2.45) is 5.92 Å². The maximum absolute atomic E-state index is 12.6. The number of nitrogens with one attached hydrogen (secondary N) is 1. The topological polar surface area (TPSA) is 113 Å². The van der Waals surface area contributed by atoms with Crippen LogP contribution in [0.25, 0.3) is 11.5 Å². The van der Waals surface area contributed by atoms with Gasteiger partial charge in [-0.15, -0.1) is 0 Å². The Morgan fingerprint density at radius 1 is 1.23 bits per heavy atom. The second-order valence-electron chi connectivity index (χ2n) is 7.16. The van der Waals surface area contributed by atoms with Gasteiger partial charge in [0.05, 0.1) is 31.0 Å². The number of rotatable bonds is 6. The Morgan fingerprint density at radius 2 is 1.97 bits per heavy atom. The number of H-pyrrole nitrogens is 1. The summed E-state index contributed by atoms with van der Waals surface area (Å²) in [6.45, 7) is 2.82. The van der Waals surface area contributed by atoms with Crippen molar-refractivity contribution < 1.29 is 23.5 Å². The van der Waals surface area contributed by atoms with Gasteiger partial charge < -0.3 is 23.9 Å². The van der Waals surface area contributed by atoms with Gasteiger partial charge in [0.1, 0.15) is 11.3 Å². The minimum atomic E-state index is -0.552. The Labute approximate surface area is 173 Å². The van der Waals surface area contributed by atoms with Gasteiger partial charge in [0.25, 0.3) is 11.5 Å². The zero-order chi connectivity index (χ0) is 21.7. The molecule has 2 aromatic heterocycles. The minimum Gasteiger partial charge on any atom is -0.466 e. The predicted octanol–water partition coefficient (Wildman–Crippen LogP) is 1.51. The maximum Gasteiger partial charge on any atom is 0.309 e. The Morgan fingerprint density at radius 3 is 2.57 bits per heavy atom. The number of hydrogen-bond acceptors (Lipinski definition) is 6. The second kappa shape index (κ2) is 9.43. The number of ether oxygens (including phenoxy) is 1. The van der Waals surface area contributed by atoms with E-state index in [-0.39, 0.29) is 29.9 Å². The molecule has 0 spiro atoms. The van der Waals surface area contributed by atoms with Crippen molar-refractivity contribution in [1.29, 1.82) is 0 Å². The average molecular weight is 415 g/mol. The fourth-order valence-electron chi connectivity index (χ4n) is 3.42.